The molecule has 8 heteroatoms. The van der Waals surface area contributed by atoms with Crippen molar-refractivity contribution in [1.29, 1.82) is 0 Å². The van der Waals surface area contributed by atoms with E-state index in [1.54, 1.807) is 16.6 Å². The molecule has 3 aromatic heterocycles. The highest BCUT2D eigenvalue weighted by atomic mass is 35.5. The van der Waals surface area contributed by atoms with E-state index in [1.807, 2.05) is 6.07 Å². The van der Waals surface area contributed by atoms with Gasteiger partial charge in [-0.3, -0.25) is 4.79 Å². The van der Waals surface area contributed by atoms with E-state index in [0.29, 0.717) is 21.4 Å². The molecular weight excluding hydrogens is 300 g/mol. The highest BCUT2D eigenvalue weighted by molar-refractivity contribution is 7.19. The molecule has 0 bridgehead atoms. The third kappa shape index (κ3) is 1.91. The summed E-state index contributed by atoms with van der Waals surface area (Å²) in [6.07, 6.45) is 1.39. The number of primary amides is 1. The minimum Gasteiger partial charge on any atom is -0.492 e. The lowest BCUT2D eigenvalue weighted by atomic mass is 10.1. The second kappa shape index (κ2) is 4.77. The molecule has 0 unspecified atom stereocenters. The normalized spacial score (nSPS) is 10.9. The Labute approximate surface area is 122 Å². The number of hydrogen-bond donors (Lipinski definition) is 1. The number of carbonyl (C=O) groups excluding carboxylic acids is 1. The van der Waals surface area contributed by atoms with Gasteiger partial charge in [0.15, 0.2) is 11.4 Å². The SMILES string of the molecule is COc1c(C(N)=O)cc(-c2ccc(Cl)s2)n2ncnc12. The van der Waals surface area contributed by atoms with Gasteiger partial charge in [-0.1, -0.05) is 11.6 Å². The van der Waals surface area contributed by atoms with Gasteiger partial charge in [-0.05, 0) is 18.2 Å². The minimum atomic E-state index is -0.587. The van der Waals surface area contributed by atoms with Crippen molar-refractivity contribution in [3.63, 3.8) is 0 Å². The molecule has 3 aromatic rings. The fourth-order valence-corrected chi connectivity index (χ4v) is 3.01. The second-order valence-electron chi connectivity index (χ2n) is 3.94. The topological polar surface area (TPSA) is 82.5 Å². The Balaban J connectivity index is 2.37. The summed E-state index contributed by atoms with van der Waals surface area (Å²) in [6, 6.07) is 5.25. The molecule has 6 nitrogen and oxygen atoms in total. The van der Waals surface area contributed by atoms with Gasteiger partial charge in [-0.2, -0.15) is 5.10 Å². The quantitative estimate of drug-likeness (QED) is 0.804. The zero-order valence-electron chi connectivity index (χ0n) is 10.3. The van der Waals surface area contributed by atoms with Crippen molar-refractivity contribution in [2.75, 3.05) is 7.11 Å². The summed E-state index contributed by atoms with van der Waals surface area (Å²) in [5, 5.41) is 4.15. The van der Waals surface area contributed by atoms with Crippen LogP contribution in [0.1, 0.15) is 10.4 Å². The first kappa shape index (κ1) is 12.9. The van der Waals surface area contributed by atoms with Gasteiger partial charge >= 0.3 is 0 Å². The number of rotatable bonds is 3. The maximum Gasteiger partial charge on any atom is 0.252 e. The third-order valence-electron chi connectivity index (χ3n) is 2.80. The largest absolute Gasteiger partial charge is 0.492 e. The first-order valence-corrected chi connectivity index (χ1v) is 6.77. The summed E-state index contributed by atoms with van der Waals surface area (Å²) in [6.45, 7) is 0. The standard InChI is InChI=1S/C12H9ClN4O2S/c1-19-10-6(11(14)18)4-7(8-2-3-9(13)20-8)17-12(10)15-5-16-17/h2-5H,1H3,(H2,14,18). The Morgan fingerprint density at radius 2 is 2.30 bits per heavy atom. The van der Waals surface area contributed by atoms with Crippen LogP contribution in [0, 0.1) is 0 Å². The van der Waals surface area contributed by atoms with Crippen molar-refractivity contribution < 1.29 is 9.53 Å². The first-order chi connectivity index (χ1) is 9.61. The van der Waals surface area contributed by atoms with Crippen molar-refractivity contribution in [3.05, 3.63) is 34.4 Å². The number of amides is 1. The molecule has 1 amide bonds. The van der Waals surface area contributed by atoms with Crippen LogP contribution < -0.4 is 10.5 Å². The minimum absolute atomic E-state index is 0.257. The number of ether oxygens (including phenoxy) is 1. The zero-order valence-corrected chi connectivity index (χ0v) is 11.9. The van der Waals surface area contributed by atoms with Gasteiger partial charge in [0, 0.05) is 0 Å². The molecule has 0 saturated carbocycles. The molecule has 0 atom stereocenters. The Morgan fingerprint density at radius 3 is 2.90 bits per heavy atom. The number of nitrogens with two attached hydrogens (primary N) is 1. The van der Waals surface area contributed by atoms with Gasteiger partial charge in [0.1, 0.15) is 6.33 Å². The van der Waals surface area contributed by atoms with E-state index in [4.69, 9.17) is 22.1 Å². The average Bonchev–Trinajstić information content (AvgIpc) is 3.05. The second-order valence-corrected chi connectivity index (χ2v) is 5.66. The molecule has 2 N–H and O–H groups in total. The van der Waals surface area contributed by atoms with Crippen LogP contribution in [0.4, 0.5) is 0 Å². The van der Waals surface area contributed by atoms with Crippen LogP contribution in [0.25, 0.3) is 16.2 Å². The van der Waals surface area contributed by atoms with E-state index >= 15 is 0 Å². The molecule has 0 aliphatic carbocycles. The monoisotopic (exact) mass is 308 g/mol. The number of pyridine rings is 1. The fraction of sp³-hybridized carbons (Fsp3) is 0.0833. The third-order valence-corrected chi connectivity index (χ3v) is 4.05. The average molecular weight is 309 g/mol. The predicted octanol–water partition coefficient (Wildman–Crippen LogP) is 2.22. The van der Waals surface area contributed by atoms with Crippen molar-refractivity contribution in [2.45, 2.75) is 0 Å². The zero-order chi connectivity index (χ0) is 14.3. The van der Waals surface area contributed by atoms with Gasteiger partial charge in [-0.25, -0.2) is 9.50 Å². The Bertz CT molecular complexity index is 811. The van der Waals surface area contributed by atoms with E-state index in [2.05, 4.69) is 10.1 Å². The fourth-order valence-electron chi connectivity index (χ4n) is 1.97. The number of carbonyl (C=O) groups is 1. The van der Waals surface area contributed by atoms with E-state index in [-0.39, 0.29) is 5.56 Å². The van der Waals surface area contributed by atoms with Crippen LogP contribution in [0.2, 0.25) is 4.34 Å². The lowest BCUT2D eigenvalue weighted by Crippen LogP contribution is -2.14. The van der Waals surface area contributed by atoms with E-state index in [1.165, 1.54) is 24.8 Å². The highest BCUT2D eigenvalue weighted by Gasteiger charge is 2.19. The maximum absolute atomic E-state index is 11.6. The summed E-state index contributed by atoms with van der Waals surface area (Å²) in [5.41, 5.74) is 6.78. The molecule has 0 spiro atoms. The molecule has 3 heterocycles. The van der Waals surface area contributed by atoms with Crippen molar-refractivity contribution in [2.24, 2.45) is 5.73 Å². The summed E-state index contributed by atoms with van der Waals surface area (Å²) >= 11 is 7.33. The summed E-state index contributed by atoms with van der Waals surface area (Å²) in [4.78, 5) is 16.6. The maximum atomic E-state index is 11.6. The van der Waals surface area contributed by atoms with Crippen molar-refractivity contribution in [1.82, 2.24) is 14.6 Å². The molecule has 3 rings (SSSR count). The molecule has 0 saturated heterocycles. The number of nitrogens with zero attached hydrogens (tertiary/aromatic N) is 3. The Morgan fingerprint density at radius 1 is 1.50 bits per heavy atom. The van der Waals surface area contributed by atoms with E-state index in [0.717, 1.165) is 4.88 Å². The number of aromatic nitrogens is 3. The molecular formula is C12H9ClN4O2S. The molecule has 102 valence electrons. The van der Waals surface area contributed by atoms with Gasteiger partial charge < -0.3 is 10.5 Å². The van der Waals surface area contributed by atoms with Crippen LogP contribution >= 0.6 is 22.9 Å². The van der Waals surface area contributed by atoms with Crippen LogP contribution in [-0.2, 0) is 0 Å². The molecule has 0 aromatic carbocycles. The van der Waals surface area contributed by atoms with Gasteiger partial charge in [0.25, 0.3) is 5.91 Å². The number of hydrogen-bond acceptors (Lipinski definition) is 5. The van der Waals surface area contributed by atoms with Crippen LogP contribution in [0.5, 0.6) is 5.75 Å². The lowest BCUT2D eigenvalue weighted by molar-refractivity contribution is 0.0997. The summed E-state index contributed by atoms with van der Waals surface area (Å²) < 4.78 is 7.46. The molecule has 0 aliphatic heterocycles. The van der Waals surface area contributed by atoms with Crippen LogP contribution in [0.15, 0.2) is 24.5 Å². The Hall–Kier alpha value is -2.12. The Kier molecular flexibility index (Phi) is 3.07. The number of thiophene rings is 1. The van der Waals surface area contributed by atoms with Crippen molar-refractivity contribution in [3.8, 4) is 16.3 Å². The number of methoxy groups -OCH3 is 1. The molecule has 20 heavy (non-hydrogen) atoms. The van der Waals surface area contributed by atoms with Crippen molar-refractivity contribution >= 4 is 34.5 Å². The summed E-state index contributed by atoms with van der Waals surface area (Å²) in [5.74, 6) is -0.280. The number of halogens is 1. The smallest absolute Gasteiger partial charge is 0.252 e. The predicted molar refractivity (Wildman–Crippen MR) is 76.4 cm³/mol. The van der Waals surface area contributed by atoms with Gasteiger partial charge in [-0.15, -0.1) is 11.3 Å². The van der Waals surface area contributed by atoms with Crippen LogP contribution in [-0.4, -0.2) is 27.6 Å². The molecule has 0 radical (unpaired) electrons. The van der Waals surface area contributed by atoms with Gasteiger partial charge in [0.05, 0.1) is 27.6 Å². The van der Waals surface area contributed by atoms with E-state index < -0.39 is 5.91 Å². The van der Waals surface area contributed by atoms with E-state index in [9.17, 15) is 4.79 Å². The molecule has 0 fully saturated rings. The lowest BCUT2D eigenvalue weighted by Gasteiger charge is -2.10. The van der Waals surface area contributed by atoms with Crippen LogP contribution in [0.3, 0.4) is 0 Å². The van der Waals surface area contributed by atoms with Gasteiger partial charge in [0.2, 0.25) is 0 Å². The summed E-state index contributed by atoms with van der Waals surface area (Å²) in [7, 11) is 1.46. The number of fused-ring (bicyclic) bond motifs is 1. The molecule has 0 aliphatic rings. The highest BCUT2D eigenvalue weighted by Crippen LogP contribution is 2.34. The first-order valence-electron chi connectivity index (χ1n) is 5.58.